The second-order valence-electron chi connectivity index (χ2n) is 11.3. The fourth-order valence-corrected chi connectivity index (χ4v) is 6.07. The van der Waals surface area contributed by atoms with Crippen molar-refractivity contribution in [2.45, 2.75) is 55.9 Å². The summed E-state index contributed by atoms with van der Waals surface area (Å²) in [6.07, 6.45) is -16.1. The van der Waals surface area contributed by atoms with Crippen LogP contribution in [0.3, 0.4) is 0 Å². The molecule has 0 heterocycles. The highest BCUT2D eigenvalue weighted by molar-refractivity contribution is 9.10. The third-order valence-corrected chi connectivity index (χ3v) is 8.67. The molecule has 5 rings (SSSR count). The van der Waals surface area contributed by atoms with E-state index in [1.165, 1.54) is 29.2 Å². The van der Waals surface area contributed by atoms with E-state index in [2.05, 4.69) is 15.9 Å². The van der Waals surface area contributed by atoms with Crippen LogP contribution in [0, 0.1) is 17.7 Å². The normalized spacial score (nSPS) is 15.9. The highest BCUT2D eigenvalue weighted by Crippen LogP contribution is 2.55. The Morgan fingerprint density at radius 2 is 1.34 bits per heavy atom. The molecule has 16 heteroatoms. The van der Waals surface area contributed by atoms with Crippen LogP contribution in [-0.4, -0.2) is 30.2 Å². The topological polar surface area (TPSA) is 49.4 Å². The number of nitrogens with one attached hydrogen (secondary N) is 1. The summed E-state index contributed by atoms with van der Waals surface area (Å²) in [5.74, 6) is -3.41. The summed E-state index contributed by atoms with van der Waals surface area (Å²) in [5, 5.41) is 1.69. The number of carbonyl (C=O) groups is 2. The SMILES string of the molecule is O=C(Nc1c(Br)cc(C(F)(C(F)(F)F)C(F)(F)F)cc1C(F)(F)F)c1cccc(N(C(=O)c2ccccc2)C(C2CC2)C2CC2)c1F. The van der Waals surface area contributed by atoms with Gasteiger partial charge in [-0.1, -0.05) is 24.3 Å². The van der Waals surface area contributed by atoms with Gasteiger partial charge >= 0.3 is 24.2 Å². The Morgan fingerprint density at radius 1 is 0.787 bits per heavy atom. The molecule has 2 aliphatic rings. The van der Waals surface area contributed by atoms with Crippen molar-refractivity contribution in [3.05, 3.63) is 93.2 Å². The van der Waals surface area contributed by atoms with E-state index in [0.717, 1.165) is 31.7 Å². The van der Waals surface area contributed by atoms with Gasteiger partial charge in [-0.15, -0.1) is 0 Å². The summed E-state index contributed by atoms with van der Waals surface area (Å²) in [6, 6.07) is 9.74. The molecule has 3 aromatic carbocycles. The summed E-state index contributed by atoms with van der Waals surface area (Å²) in [6.45, 7) is 0. The number of amides is 2. The van der Waals surface area contributed by atoms with Crippen LogP contribution in [0.25, 0.3) is 0 Å². The number of hydrogen-bond donors (Lipinski definition) is 1. The van der Waals surface area contributed by atoms with Gasteiger partial charge in [0, 0.05) is 21.6 Å². The monoisotopic (exact) mass is 742 g/mol. The minimum Gasteiger partial charge on any atom is -0.320 e. The Morgan fingerprint density at radius 3 is 1.83 bits per heavy atom. The first-order valence-corrected chi connectivity index (χ1v) is 14.8. The van der Waals surface area contributed by atoms with Crippen LogP contribution in [0.2, 0.25) is 0 Å². The van der Waals surface area contributed by atoms with E-state index in [4.69, 9.17) is 0 Å². The molecule has 2 saturated carbocycles. The third kappa shape index (κ3) is 6.57. The molecule has 252 valence electrons. The molecule has 0 saturated heterocycles. The lowest BCUT2D eigenvalue weighted by molar-refractivity contribution is -0.348. The van der Waals surface area contributed by atoms with Crippen molar-refractivity contribution in [1.82, 2.24) is 0 Å². The average molecular weight is 743 g/mol. The minimum atomic E-state index is -6.72. The summed E-state index contributed by atoms with van der Waals surface area (Å²) >= 11 is 2.42. The largest absolute Gasteiger partial charge is 0.435 e. The number of carbonyl (C=O) groups excluding carboxylic acids is 2. The van der Waals surface area contributed by atoms with E-state index in [1.807, 2.05) is 0 Å². The first-order valence-electron chi connectivity index (χ1n) is 14.0. The Bertz CT molecular complexity index is 1660. The Hall–Kier alpha value is -3.69. The Labute approximate surface area is 268 Å². The predicted octanol–water partition coefficient (Wildman–Crippen LogP) is 9.98. The summed E-state index contributed by atoms with van der Waals surface area (Å²) in [5.41, 5.74) is -13.4. The maximum absolute atomic E-state index is 16.2. The van der Waals surface area contributed by atoms with Gasteiger partial charge in [0.15, 0.2) is 5.82 Å². The predicted molar refractivity (Wildman–Crippen MR) is 151 cm³/mol. The zero-order chi connectivity index (χ0) is 34.7. The van der Waals surface area contributed by atoms with E-state index < -0.39 is 80.8 Å². The van der Waals surface area contributed by atoms with Crippen molar-refractivity contribution in [1.29, 1.82) is 0 Å². The van der Waals surface area contributed by atoms with Crippen LogP contribution in [0.4, 0.5) is 59.7 Å². The molecule has 1 N–H and O–H groups in total. The van der Waals surface area contributed by atoms with Crippen LogP contribution in [0.5, 0.6) is 0 Å². The first-order chi connectivity index (χ1) is 21.8. The number of halogens is 12. The van der Waals surface area contributed by atoms with Crippen molar-refractivity contribution in [2.75, 3.05) is 10.2 Å². The number of nitrogens with zero attached hydrogens (tertiary/aromatic N) is 1. The van der Waals surface area contributed by atoms with Crippen LogP contribution >= 0.6 is 15.9 Å². The molecule has 0 bridgehead atoms. The highest BCUT2D eigenvalue weighted by Gasteiger charge is 2.73. The van der Waals surface area contributed by atoms with Crippen LogP contribution in [-0.2, 0) is 11.8 Å². The van der Waals surface area contributed by atoms with E-state index in [1.54, 1.807) is 23.5 Å². The van der Waals surface area contributed by atoms with E-state index in [0.29, 0.717) is 0 Å². The molecule has 2 fully saturated rings. The first kappa shape index (κ1) is 34.6. The molecule has 0 spiro atoms. The van der Waals surface area contributed by atoms with Crippen LogP contribution in [0.15, 0.2) is 65.1 Å². The number of anilines is 2. The van der Waals surface area contributed by atoms with Gasteiger partial charge in [0.25, 0.3) is 11.8 Å². The van der Waals surface area contributed by atoms with E-state index in [9.17, 15) is 53.5 Å². The molecular formula is C31H22BrF11N2O2. The highest BCUT2D eigenvalue weighted by atomic mass is 79.9. The zero-order valence-electron chi connectivity index (χ0n) is 23.6. The van der Waals surface area contributed by atoms with Gasteiger partial charge in [-0.3, -0.25) is 9.59 Å². The van der Waals surface area contributed by atoms with Crippen molar-refractivity contribution in [3.8, 4) is 0 Å². The average Bonchev–Trinajstić information content (AvgIpc) is 3.90. The maximum atomic E-state index is 16.2. The summed E-state index contributed by atoms with van der Waals surface area (Å²) in [7, 11) is 0. The molecule has 0 radical (unpaired) electrons. The molecule has 2 amide bonds. The number of rotatable bonds is 8. The maximum Gasteiger partial charge on any atom is 0.435 e. The number of hydrogen-bond acceptors (Lipinski definition) is 2. The van der Waals surface area contributed by atoms with Crippen LogP contribution < -0.4 is 10.2 Å². The second-order valence-corrected chi connectivity index (χ2v) is 12.2. The van der Waals surface area contributed by atoms with Gasteiger partial charge in [0.05, 0.1) is 22.5 Å². The molecule has 0 atom stereocenters. The molecule has 47 heavy (non-hydrogen) atoms. The molecule has 0 unspecified atom stereocenters. The zero-order valence-corrected chi connectivity index (χ0v) is 25.2. The fraction of sp³-hybridized carbons (Fsp3) is 0.355. The summed E-state index contributed by atoms with van der Waals surface area (Å²) in [4.78, 5) is 28.3. The van der Waals surface area contributed by atoms with Gasteiger partial charge in [-0.05, 0) is 89.8 Å². The standard InChI is InChI=1S/C31H22BrF11N2O2/c32-21-14-18(28(34,30(38,39)40)31(41,42)43)13-20(29(35,36)37)24(21)44-26(46)19-7-4-8-22(23(19)33)45(25(15-9-10-15)16-11-12-16)27(47)17-5-2-1-3-6-17/h1-8,13-16,25H,9-12H2,(H,44,46). The molecule has 0 aliphatic heterocycles. The molecular weight excluding hydrogens is 721 g/mol. The quantitative estimate of drug-likeness (QED) is 0.234. The van der Waals surface area contributed by atoms with Gasteiger partial charge in [-0.25, -0.2) is 8.78 Å². The van der Waals surface area contributed by atoms with Crippen molar-refractivity contribution < 1.29 is 57.9 Å². The lowest BCUT2D eigenvalue weighted by atomic mass is 9.92. The number of benzene rings is 3. The smallest absolute Gasteiger partial charge is 0.320 e. The lowest BCUT2D eigenvalue weighted by Gasteiger charge is -2.33. The van der Waals surface area contributed by atoms with Crippen molar-refractivity contribution in [3.63, 3.8) is 0 Å². The Kier molecular flexibility index (Phi) is 8.90. The number of alkyl halides is 10. The second kappa shape index (κ2) is 12.1. The third-order valence-electron chi connectivity index (χ3n) is 8.04. The molecule has 2 aliphatic carbocycles. The molecule has 3 aromatic rings. The fourth-order valence-electron chi connectivity index (χ4n) is 5.51. The van der Waals surface area contributed by atoms with Gasteiger partial charge in [-0.2, -0.15) is 39.5 Å². The van der Waals surface area contributed by atoms with E-state index >= 15 is 4.39 Å². The van der Waals surface area contributed by atoms with E-state index in [-0.39, 0.29) is 29.2 Å². The lowest BCUT2D eigenvalue weighted by Crippen LogP contribution is -2.50. The Balaban J connectivity index is 1.57. The van der Waals surface area contributed by atoms with Gasteiger partial charge < -0.3 is 10.2 Å². The summed E-state index contributed by atoms with van der Waals surface area (Å²) < 4.78 is 152. The molecule has 0 aromatic heterocycles. The van der Waals surface area contributed by atoms with Crippen molar-refractivity contribution in [2.24, 2.45) is 11.8 Å². The van der Waals surface area contributed by atoms with Crippen molar-refractivity contribution >= 4 is 39.1 Å². The van der Waals surface area contributed by atoms with Gasteiger partial charge in [0.2, 0.25) is 0 Å². The van der Waals surface area contributed by atoms with Crippen LogP contribution in [0.1, 0.15) is 57.5 Å². The minimum absolute atomic E-state index is 0.0341. The molecule has 4 nitrogen and oxygen atoms in total. The van der Waals surface area contributed by atoms with Gasteiger partial charge in [0.1, 0.15) is 0 Å².